The zero-order valence-corrected chi connectivity index (χ0v) is 20.6. The first-order valence-electron chi connectivity index (χ1n) is 12.8. The van der Waals surface area contributed by atoms with Crippen molar-refractivity contribution in [1.82, 2.24) is 15.3 Å². The van der Waals surface area contributed by atoms with Crippen LogP contribution in [0, 0.1) is 12.8 Å². The van der Waals surface area contributed by atoms with Gasteiger partial charge in [-0.1, -0.05) is 31.4 Å². The first-order chi connectivity index (χ1) is 17.5. The molecule has 0 bridgehead atoms. The van der Waals surface area contributed by atoms with Crippen molar-refractivity contribution in [3.8, 4) is 0 Å². The summed E-state index contributed by atoms with van der Waals surface area (Å²) in [4.78, 5) is 33.6. The molecule has 2 aliphatic carbocycles. The van der Waals surface area contributed by atoms with Gasteiger partial charge in [0.2, 0.25) is 0 Å². The number of nitrogens with zero attached hydrogens (tertiary/aromatic N) is 2. The van der Waals surface area contributed by atoms with E-state index in [0.29, 0.717) is 19.3 Å². The van der Waals surface area contributed by atoms with E-state index in [-0.39, 0.29) is 11.7 Å². The number of rotatable bonds is 8. The lowest BCUT2D eigenvalue weighted by Crippen LogP contribution is -2.38. The van der Waals surface area contributed by atoms with Gasteiger partial charge in [0.1, 0.15) is 11.9 Å². The van der Waals surface area contributed by atoms with Crippen molar-refractivity contribution in [3.63, 3.8) is 0 Å². The fourth-order valence-corrected chi connectivity index (χ4v) is 5.52. The third-order valence-corrected chi connectivity index (χ3v) is 7.31. The predicted molar refractivity (Wildman–Crippen MR) is 140 cm³/mol. The molecule has 1 unspecified atom stereocenters. The molecule has 0 aliphatic heterocycles. The maximum atomic E-state index is 12.6. The highest BCUT2D eigenvalue weighted by Crippen LogP contribution is 2.36. The summed E-state index contributed by atoms with van der Waals surface area (Å²) in [5, 5.41) is 18.6. The van der Waals surface area contributed by atoms with Crippen LogP contribution in [0.3, 0.4) is 0 Å². The first kappa shape index (κ1) is 24.0. The number of Topliss-reactive ketones (excluding diaryl/α,β-unsaturated/α-hetero) is 1. The predicted octanol–water partition coefficient (Wildman–Crippen LogP) is 5.46. The Balaban J connectivity index is 1.30. The second-order valence-electron chi connectivity index (χ2n) is 9.92. The number of allylic oxidation sites excluding steroid dienone is 2. The number of benzene rings is 1. The largest absolute Gasteiger partial charge is 0.480 e. The summed E-state index contributed by atoms with van der Waals surface area (Å²) in [6, 6.07) is 11.0. The number of carboxylic acids is 1. The van der Waals surface area contributed by atoms with Gasteiger partial charge in [-0.25, -0.2) is 9.78 Å². The van der Waals surface area contributed by atoms with Crippen molar-refractivity contribution in [2.45, 2.75) is 64.3 Å². The number of nitrogens with one attached hydrogen (secondary N) is 2. The third kappa shape index (κ3) is 5.25. The van der Waals surface area contributed by atoms with E-state index in [9.17, 15) is 14.7 Å². The van der Waals surface area contributed by atoms with E-state index in [1.54, 1.807) is 12.4 Å². The van der Waals surface area contributed by atoms with Crippen LogP contribution in [0.15, 0.2) is 60.1 Å². The summed E-state index contributed by atoms with van der Waals surface area (Å²) in [6.45, 7) is 1.96. The molecule has 2 heterocycles. The molecule has 5 rings (SSSR count). The average molecular weight is 485 g/mol. The Bertz CT molecular complexity index is 1310. The zero-order valence-electron chi connectivity index (χ0n) is 20.6. The summed E-state index contributed by atoms with van der Waals surface area (Å²) in [6.07, 6.45) is 10.6. The summed E-state index contributed by atoms with van der Waals surface area (Å²) in [5.41, 5.74) is 4.41. The third-order valence-electron chi connectivity index (χ3n) is 7.31. The molecule has 3 N–H and O–H groups in total. The Morgan fingerprint density at radius 2 is 1.89 bits per heavy atom. The maximum Gasteiger partial charge on any atom is 0.326 e. The Morgan fingerprint density at radius 1 is 1.11 bits per heavy atom. The summed E-state index contributed by atoms with van der Waals surface area (Å²) < 4.78 is 0. The van der Waals surface area contributed by atoms with Gasteiger partial charge in [0.15, 0.2) is 5.78 Å². The molecule has 1 saturated carbocycles. The number of anilines is 2. The molecule has 186 valence electrons. The number of aryl methyl sites for hydroxylation is 1. The molecule has 0 radical (unpaired) electrons. The zero-order chi connectivity index (χ0) is 25.1. The van der Waals surface area contributed by atoms with Crippen LogP contribution >= 0.6 is 0 Å². The monoisotopic (exact) mass is 484 g/mol. The molecule has 1 fully saturated rings. The highest BCUT2D eigenvalue weighted by atomic mass is 16.4. The van der Waals surface area contributed by atoms with Gasteiger partial charge in [-0.15, -0.1) is 0 Å². The summed E-state index contributed by atoms with van der Waals surface area (Å²) in [5.74, 6) is 0.299. The van der Waals surface area contributed by atoms with Crippen LogP contribution in [-0.4, -0.2) is 32.9 Å². The number of carbonyl (C=O) groups is 2. The highest BCUT2D eigenvalue weighted by molar-refractivity contribution is 5.99. The van der Waals surface area contributed by atoms with Crippen LogP contribution in [0.25, 0.3) is 10.8 Å². The lowest BCUT2D eigenvalue weighted by molar-refractivity contribution is -0.139. The second kappa shape index (κ2) is 10.5. The van der Waals surface area contributed by atoms with E-state index >= 15 is 0 Å². The number of aliphatic carboxylic acids is 1. The van der Waals surface area contributed by atoms with Gasteiger partial charge >= 0.3 is 5.97 Å². The molecule has 2 aromatic heterocycles. The molecule has 0 spiro atoms. The Hall–Kier alpha value is -3.74. The summed E-state index contributed by atoms with van der Waals surface area (Å²) in [7, 11) is 0. The van der Waals surface area contributed by atoms with Gasteiger partial charge in [-0.3, -0.25) is 9.78 Å². The van der Waals surface area contributed by atoms with E-state index in [0.717, 1.165) is 70.5 Å². The van der Waals surface area contributed by atoms with Gasteiger partial charge in [-0.2, -0.15) is 0 Å². The molecular weight excluding hydrogens is 452 g/mol. The number of ketones is 1. The molecule has 36 heavy (non-hydrogen) atoms. The Kier molecular flexibility index (Phi) is 6.98. The summed E-state index contributed by atoms with van der Waals surface area (Å²) >= 11 is 0. The maximum absolute atomic E-state index is 12.6. The standard InChI is InChI=1S/C29H32N4O3/c1-18-15-21-13-14-30-17-23(21)28(31-18)32-22-9-7-19(8-10-22)16-25(29(35)36)33-24-11-12-26(34)27(24)20-5-3-2-4-6-20/h7-10,13-15,17,20,25,33H,2-6,11-12,16H2,1H3,(H,31,32)(H,35,36). The molecule has 7 heteroatoms. The van der Waals surface area contributed by atoms with E-state index < -0.39 is 12.0 Å². The molecule has 1 aromatic carbocycles. The van der Waals surface area contributed by atoms with E-state index in [1.165, 1.54) is 6.42 Å². The Morgan fingerprint density at radius 3 is 2.64 bits per heavy atom. The van der Waals surface area contributed by atoms with E-state index in [2.05, 4.69) is 20.6 Å². The SMILES string of the molecule is Cc1cc2ccncc2c(Nc2ccc(CC(NC3=C(C4CCCCC4)C(=O)CC3)C(=O)O)cc2)n1. The Labute approximate surface area is 211 Å². The fourth-order valence-electron chi connectivity index (χ4n) is 5.52. The number of aromatic nitrogens is 2. The number of carboxylic acid groups (broad SMARTS) is 1. The number of fused-ring (bicyclic) bond motifs is 1. The minimum atomic E-state index is -0.907. The smallest absolute Gasteiger partial charge is 0.326 e. The van der Waals surface area contributed by atoms with Crippen molar-refractivity contribution < 1.29 is 14.7 Å². The fraction of sp³-hybridized carbons (Fsp3) is 0.379. The van der Waals surface area contributed by atoms with Gasteiger partial charge in [0.25, 0.3) is 0 Å². The van der Waals surface area contributed by atoms with Crippen LogP contribution in [0.4, 0.5) is 11.5 Å². The molecule has 3 aromatic rings. The number of hydrogen-bond acceptors (Lipinski definition) is 6. The van der Waals surface area contributed by atoms with Gasteiger partial charge in [0, 0.05) is 53.3 Å². The topological polar surface area (TPSA) is 104 Å². The normalized spacial score (nSPS) is 17.4. The molecule has 1 atom stereocenters. The van der Waals surface area contributed by atoms with E-state index in [4.69, 9.17) is 0 Å². The van der Waals surface area contributed by atoms with Gasteiger partial charge in [0.05, 0.1) is 0 Å². The van der Waals surface area contributed by atoms with Crippen LogP contribution < -0.4 is 10.6 Å². The van der Waals surface area contributed by atoms with Crippen LogP contribution in [0.1, 0.15) is 56.2 Å². The highest BCUT2D eigenvalue weighted by Gasteiger charge is 2.32. The average Bonchev–Trinajstić information content (AvgIpc) is 3.24. The second-order valence-corrected chi connectivity index (χ2v) is 9.92. The number of pyridine rings is 2. The lowest BCUT2D eigenvalue weighted by Gasteiger charge is -2.25. The molecule has 7 nitrogen and oxygen atoms in total. The van der Waals surface area contributed by atoms with Crippen molar-refractivity contribution in [2.75, 3.05) is 5.32 Å². The van der Waals surface area contributed by atoms with Crippen molar-refractivity contribution >= 4 is 34.0 Å². The quantitative estimate of drug-likeness (QED) is 0.390. The molecule has 0 amide bonds. The van der Waals surface area contributed by atoms with Crippen LogP contribution in [-0.2, 0) is 16.0 Å². The molecular formula is C29H32N4O3. The molecule has 0 saturated heterocycles. The van der Waals surface area contributed by atoms with Crippen molar-refractivity contribution in [1.29, 1.82) is 0 Å². The molecule has 2 aliphatic rings. The number of hydrogen-bond donors (Lipinski definition) is 3. The van der Waals surface area contributed by atoms with Gasteiger partial charge < -0.3 is 15.7 Å². The van der Waals surface area contributed by atoms with Crippen molar-refractivity contribution in [3.05, 3.63) is 71.3 Å². The van der Waals surface area contributed by atoms with Crippen LogP contribution in [0.5, 0.6) is 0 Å². The minimum Gasteiger partial charge on any atom is -0.480 e. The van der Waals surface area contributed by atoms with Gasteiger partial charge in [-0.05, 0) is 67.3 Å². The van der Waals surface area contributed by atoms with Crippen LogP contribution in [0.2, 0.25) is 0 Å². The number of carbonyl (C=O) groups excluding carboxylic acids is 1. The lowest BCUT2D eigenvalue weighted by atomic mass is 9.82. The van der Waals surface area contributed by atoms with Crippen molar-refractivity contribution in [2.24, 2.45) is 5.92 Å². The van der Waals surface area contributed by atoms with E-state index in [1.807, 2.05) is 43.3 Å². The minimum absolute atomic E-state index is 0.191. The first-order valence-corrected chi connectivity index (χ1v) is 12.8.